The number of benzene rings is 2. The lowest BCUT2D eigenvalue weighted by Crippen LogP contribution is -2.16. The molecule has 0 fully saturated rings. The van der Waals surface area contributed by atoms with Crippen LogP contribution in [0.4, 0.5) is 8.78 Å². The Hall–Kier alpha value is -1.21. The highest BCUT2D eigenvalue weighted by Gasteiger charge is 2.15. The molecule has 2 aromatic rings. The molecule has 2 rings (SSSR count). The van der Waals surface area contributed by atoms with Crippen molar-refractivity contribution in [1.82, 2.24) is 0 Å². The van der Waals surface area contributed by atoms with Crippen molar-refractivity contribution >= 4 is 22.6 Å². The molecule has 1 unspecified atom stereocenters. The van der Waals surface area contributed by atoms with Crippen molar-refractivity contribution in [3.63, 3.8) is 0 Å². The van der Waals surface area contributed by atoms with E-state index in [4.69, 9.17) is 5.73 Å². The third-order valence-corrected chi connectivity index (χ3v) is 3.62. The Labute approximate surface area is 130 Å². The van der Waals surface area contributed by atoms with E-state index in [-0.39, 0.29) is 11.8 Å². The molecule has 2 aromatic carbocycles. The van der Waals surface area contributed by atoms with Crippen LogP contribution in [0.1, 0.15) is 17.2 Å². The van der Waals surface area contributed by atoms with Gasteiger partial charge in [-0.3, -0.25) is 0 Å². The van der Waals surface area contributed by atoms with Crippen molar-refractivity contribution in [1.29, 1.82) is 0 Å². The molecule has 106 valence electrons. The molecular formula is C15H14F2INO. The normalized spacial score (nSPS) is 12.4. The first kappa shape index (κ1) is 15.2. The molecule has 20 heavy (non-hydrogen) atoms. The molecule has 0 radical (unpaired) electrons. The van der Waals surface area contributed by atoms with Crippen molar-refractivity contribution < 1.29 is 13.5 Å². The molecule has 0 aromatic heterocycles. The standard InChI is InChI=1S/C15H14F2INO/c16-15(17)20-14-4-2-1-3-12(14)13(19)9-10-5-7-11(18)8-6-10/h1-8,13,15H,9,19H2. The van der Waals surface area contributed by atoms with Gasteiger partial charge in [-0.25, -0.2) is 0 Å². The Morgan fingerprint density at radius 2 is 1.70 bits per heavy atom. The van der Waals surface area contributed by atoms with E-state index in [0.29, 0.717) is 12.0 Å². The van der Waals surface area contributed by atoms with E-state index < -0.39 is 6.61 Å². The fraction of sp³-hybridized carbons (Fsp3) is 0.200. The molecule has 0 aliphatic heterocycles. The second-order valence-electron chi connectivity index (χ2n) is 4.35. The average molecular weight is 389 g/mol. The van der Waals surface area contributed by atoms with Crippen LogP contribution in [0.15, 0.2) is 48.5 Å². The first-order valence-electron chi connectivity index (χ1n) is 6.10. The second kappa shape index (κ2) is 6.99. The van der Waals surface area contributed by atoms with Gasteiger partial charge in [0, 0.05) is 15.2 Å². The summed E-state index contributed by atoms with van der Waals surface area (Å²) in [5, 5.41) is 0. The minimum Gasteiger partial charge on any atom is -0.434 e. The number of halogens is 3. The molecule has 0 bridgehead atoms. The molecule has 0 saturated carbocycles. The fourth-order valence-corrected chi connectivity index (χ4v) is 2.33. The van der Waals surface area contributed by atoms with Gasteiger partial charge in [-0.2, -0.15) is 8.78 Å². The maximum atomic E-state index is 12.4. The quantitative estimate of drug-likeness (QED) is 0.781. The zero-order valence-corrected chi connectivity index (χ0v) is 12.8. The lowest BCUT2D eigenvalue weighted by atomic mass is 9.99. The molecule has 0 aliphatic rings. The molecule has 0 spiro atoms. The van der Waals surface area contributed by atoms with Crippen LogP contribution in [0, 0.1) is 3.57 Å². The summed E-state index contributed by atoms with van der Waals surface area (Å²) in [6, 6.07) is 14.2. The lowest BCUT2D eigenvalue weighted by Gasteiger charge is -2.16. The summed E-state index contributed by atoms with van der Waals surface area (Å²) < 4.78 is 30.4. The number of ether oxygens (including phenoxy) is 1. The Bertz CT molecular complexity index is 560. The molecular weight excluding hydrogens is 375 g/mol. The lowest BCUT2D eigenvalue weighted by molar-refractivity contribution is -0.0506. The van der Waals surface area contributed by atoms with E-state index in [1.54, 1.807) is 18.2 Å². The van der Waals surface area contributed by atoms with Crippen molar-refractivity contribution in [2.45, 2.75) is 19.1 Å². The summed E-state index contributed by atoms with van der Waals surface area (Å²) in [6.07, 6.45) is 0.570. The van der Waals surface area contributed by atoms with Gasteiger partial charge in [0.2, 0.25) is 0 Å². The molecule has 2 N–H and O–H groups in total. The van der Waals surface area contributed by atoms with Gasteiger partial charge < -0.3 is 10.5 Å². The third-order valence-electron chi connectivity index (χ3n) is 2.90. The van der Waals surface area contributed by atoms with E-state index in [9.17, 15) is 8.78 Å². The first-order chi connectivity index (χ1) is 9.56. The zero-order chi connectivity index (χ0) is 14.5. The smallest absolute Gasteiger partial charge is 0.387 e. The van der Waals surface area contributed by atoms with Crippen LogP contribution in [0.2, 0.25) is 0 Å². The predicted molar refractivity (Wildman–Crippen MR) is 82.9 cm³/mol. The molecule has 5 heteroatoms. The first-order valence-corrected chi connectivity index (χ1v) is 7.18. The van der Waals surface area contributed by atoms with Crippen LogP contribution in [0.25, 0.3) is 0 Å². The largest absolute Gasteiger partial charge is 0.434 e. The highest BCUT2D eigenvalue weighted by atomic mass is 127. The number of alkyl halides is 2. The SMILES string of the molecule is NC(Cc1ccc(I)cc1)c1ccccc1OC(F)F. The maximum Gasteiger partial charge on any atom is 0.387 e. The van der Waals surface area contributed by atoms with Gasteiger partial charge in [-0.05, 0) is 52.8 Å². The Morgan fingerprint density at radius 3 is 2.35 bits per heavy atom. The van der Waals surface area contributed by atoms with Gasteiger partial charge in [-0.1, -0.05) is 30.3 Å². The van der Waals surface area contributed by atoms with Crippen LogP contribution in [-0.4, -0.2) is 6.61 Å². The van der Waals surface area contributed by atoms with Gasteiger partial charge in [-0.15, -0.1) is 0 Å². The minimum atomic E-state index is -2.85. The Balaban J connectivity index is 2.16. The molecule has 0 saturated heterocycles. The molecule has 2 nitrogen and oxygen atoms in total. The van der Waals surface area contributed by atoms with Crippen LogP contribution in [0.5, 0.6) is 5.75 Å². The van der Waals surface area contributed by atoms with Crippen LogP contribution < -0.4 is 10.5 Å². The topological polar surface area (TPSA) is 35.2 Å². The summed E-state index contributed by atoms with van der Waals surface area (Å²) in [4.78, 5) is 0. The maximum absolute atomic E-state index is 12.4. The van der Waals surface area contributed by atoms with Crippen LogP contribution in [0.3, 0.4) is 0 Å². The molecule has 0 amide bonds. The Kier molecular flexibility index (Phi) is 5.31. The van der Waals surface area contributed by atoms with Gasteiger partial charge in [0.25, 0.3) is 0 Å². The summed E-state index contributed by atoms with van der Waals surface area (Å²) in [6.45, 7) is -2.85. The van der Waals surface area contributed by atoms with E-state index in [0.717, 1.165) is 9.13 Å². The minimum absolute atomic E-state index is 0.139. The molecule has 1 atom stereocenters. The average Bonchev–Trinajstić information content (AvgIpc) is 2.41. The van der Waals surface area contributed by atoms with Crippen LogP contribution >= 0.6 is 22.6 Å². The van der Waals surface area contributed by atoms with Gasteiger partial charge in [0.05, 0.1) is 0 Å². The summed E-state index contributed by atoms with van der Waals surface area (Å²) in [5.74, 6) is 0.139. The zero-order valence-electron chi connectivity index (χ0n) is 10.6. The Morgan fingerprint density at radius 1 is 1.05 bits per heavy atom. The summed E-state index contributed by atoms with van der Waals surface area (Å²) >= 11 is 2.23. The number of para-hydroxylation sites is 1. The second-order valence-corrected chi connectivity index (χ2v) is 5.60. The van der Waals surface area contributed by atoms with Crippen molar-refractivity contribution in [2.75, 3.05) is 0 Å². The van der Waals surface area contributed by atoms with E-state index in [1.807, 2.05) is 24.3 Å². The number of hydrogen-bond donors (Lipinski definition) is 1. The number of hydrogen-bond acceptors (Lipinski definition) is 2. The van der Waals surface area contributed by atoms with E-state index in [1.165, 1.54) is 6.07 Å². The summed E-state index contributed by atoms with van der Waals surface area (Å²) in [7, 11) is 0. The third kappa shape index (κ3) is 4.14. The molecule has 0 aliphatic carbocycles. The van der Waals surface area contributed by atoms with E-state index >= 15 is 0 Å². The molecule has 0 heterocycles. The van der Waals surface area contributed by atoms with Crippen molar-refractivity contribution in [2.24, 2.45) is 5.73 Å². The number of nitrogens with two attached hydrogens (primary N) is 1. The fourth-order valence-electron chi connectivity index (χ4n) is 1.97. The van der Waals surface area contributed by atoms with E-state index in [2.05, 4.69) is 27.3 Å². The van der Waals surface area contributed by atoms with Crippen molar-refractivity contribution in [3.8, 4) is 5.75 Å². The van der Waals surface area contributed by atoms with Gasteiger partial charge >= 0.3 is 6.61 Å². The number of rotatable bonds is 5. The van der Waals surface area contributed by atoms with Gasteiger partial charge in [0.15, 0.2) is 0 Å². The highest BCUT2D eigenvalue weighted by Crippen LogP contribution is 2.27. The van der Waals surface area contributed by atoms with Crippen molar-refractivity contribution in [3.05, 3.63) is 63.2 Å². The predicted octanol–water partition coefficient (Wildman–Crippen LogP) is 4.14. The van der Waals surface area contributed by atoms with Crippen LogP contribution in [-0.2, 0) is 6.42 Å². The summed E-state index contributed by atoms with van der Waals surface area (Å²) in [5.41, 5.74) is 7.76. The highest BCUT2D eigenvalue weighted by molar-refractivity contribution is 14.1. The van der Waals surface area contributed by atoms with Gasteiger partial charge in [0.1, 0.15) is 5.75 Å². The monoisotopic (exact) mass is 389 g/mol.